The zero-order valence-electron chi connectivity index (χ0n) is 9.08. The molecule has 0 aliphatic heterocycles. The maximum absolute atomic E-state index is 11.5. The molecule has 1 aliphatic rings. The van der Waals surface area contributed by atoms with Crippen LogP contribution in [-0.2, 0) is 4.79 Å². The van der Waals surface area contributed by atoms with E-state index in [4.69, 9.17) is 0 Å². The summed E-state index contributed by atoms with van der Waals surface area (Å²) in [5, 5.41) is 4.67. The second kappa shape index (κ2) is 4.79. The zero-order chi connectivity index (χ0) is 10.7. The number of anilines is 1. The third-order valence-corrected chi connectivity index (χ3v) is 3.75. The molecule has 1 fully saturated rings. The van der Waals surface area contributed by atoms with Gasteiger partial charge in [0.2, 0.25) is 0 Å². The molecule has 0 spiro atoms. The van der Waals surface area contributed by atoms with E-state index in [2.05, 4.69) is 24.4 Å². The summed E-state index contributed by atoms with van der Waals surface area (Å²) in [5.41, 5.74) is 0. The Labute approximate surface area is 94.7 Å². The van der Waals surface area contributed by atoms with Crippen LogP contribution in [0.25, 0.3) is 0 Å². The quantitative estimate of drug-likeness (QED) is 0.779. The third-order valence-electron chi connectivity index (χ3n) is 2.82. The average Bonchev–Trinajstić information content (AvgIpc) is 2.46. The van der Waals surface area contributed by atoms with E-state index in [0.29, 0.717) is 18.2 Å². The van der Waals surface area contributed by atoms with Gasteiger partial charge in [-0.2, -0.15) is 0 Å². The summed E-state index contributed by atoms with van der Waals surface area (Å²) >= 11 is 1.77. The van der Waals surface area contributed by atoms with Crippen LogP contribution in [0.5, 0.6) is 0 Å². The molecule has 82 valence electrons. The van der Waals surface area contributed by atoms with Gasteiger partial charge in [-0.15, -0.1) is 11.3 Å². The Hall–Kier alpha value is -0.830. The summed E-state index contributed by atoms with van der Waals surface area (Å²) in [6, 6.07) is 4.58. The second-order valence-electron chi connectivity index (χ2n) is 4.24. The van der Waals surface area contributed by atoms with E-state index < -0.39 is 0 Å². The fourth-order valence-electron chi connectivity index (χ4n) is 2.03. The maximum Gasteiger partial charge on any atom is 0.134 e. The zero-order valence-corrected chi connectivity index (χ0v) is 9.90. The highest BCUT2D eigenvalue weighted by Crippen LogP contribution is 2.25. The van der Waals surface area contributed by atoms with Gasteiger partial charge < -0.3 is 5.32 Å². The Morgan fingerprint density at radius 1 is 1.40 bits per heavy atom. The standard InChI is InChI=1S/C12H17NOS/c1-9-6-7-12(15-9)13-10-4-2-3-5-11(14)8-10/h6-7,10,13H,2-5,8H2,1H3. The Morgan fingerprint density at radius 3 is 3.00 bits per heavy atom. The topological polar surface area (TPSA) is 29.1 Å². The SMILES string of the molecule is Cc1ccc(NC2CCCCC(=O)C2)s1. The highest BCUT2D eigenvalue weighted by Gasteiger charge is 2.17. The van der Waals surface area contributed by atoms with Gasteiger partial charge >= 0.3 is 0 Å². The van der Waals surface area contributed by atoms with Gasteiger partial charge in [0.05, 0.1) is 5.00 Å². The summed E-state index contributed by atoms with van der Waals surface area (Å²) in [6.07, 6.45) is 4.86. The first kappa shape index (κ1) is 10.7. The van der Waals surface area contributed by atoms with Crippen molar-refractivity contribution in [2.75, 3.05) is 5.32 Å². The maximum atomic E-state index is 11.5. The normalized spacial score (nSPS) is 22.5. The number of carbonyl (C=O) groups excluding carboxylic acids is 1. The number of hydrogen-bond acceptors (Lipinski definition) is 3. The molecule has 1 aliphatic carbocycles. The van der Waals surface area contributed by atoms with Crippen molar-refractivity contribution in [3.63, 3.8) is 0 Å². The van der Waals surface area contributed by atoms with Crippen molar-refractivity contribution < 1.29 is 4.79 Å². The van der Waals surface area contributed by atoms with Crippen molar-refractivity contribution in [3.8, 4) is 0 Å². The minimum atomic E-state index is 0.359. The molecule has 0 amide bonds. The lowest BCUT2D eigenvalue weighted by Gasteiger charge is -2.15. The predicted octanol–water partition coefficient (Wildman–Crippen LogP) is 3.37. The summed E-state index contributed by atoms with van der Waals surface area (Å²) < 4.78 is 0. The van der Waals surface area contributed by atoms with E-state index in [-0.39, 0.29) is 0 Å². The number of nitrogens with one attached hydrogen (secondary N) is 1. The van der Waals surface area contributed by atoms with Crippen LogP contribution in [0, 0.1) is 6.92 Å². The van der Waals surface area contributed by atoms with Gasteiger partial charge in [0, 0.05) is 23.8 Å². The first-order valence-electron chi connectivity index (χ1n) is 5.59. The van der Waals surface area contributed by atoms with Crippen LogP contribution in [0.2, 0.25) is 0 Å². The van der Waals surface area contributed by atoms with E-state index in [1.165, 1.54) is 16.3 Å². The molecule has 1 saturated carbocycles. The van der Waals surface area contributed by atoms with Crippen molar-refractivity contribution in [3.05, 3.63) is 17.0 Å². The number of rotatable bonds is 2. The molecule has 15 heavy (non-hydrogen) atoms. The Balaban J connectivity index is 1.95. The van der Waals surface area contributed by atoms with E-state index in [0.717, 1.165) is 19.3 Å². The lowest BCUT2D eigenvalue weighted by atomic mass is 10.1. The van der Waals surface area contributed by atoms with Crippen LogP contribution < -0.4 is 5.32 Å². The highest BCUT2D eigenvalue weighted by molar-refractivity contribution is 7.16. The van der Waals surface area contributed by atoms with Crippen LogP contribution in [0.15, 0.2) is 12.1 Å². The van der Waals surface area contributed by atoms with Gasteiger partial charge in [-0.1, -0.05) is 6.42 Å². The van der Waals surface area contributed by atoms with Crippen LogP contribution in [0.1, 0.15) is 37.0 Å². The highest BCUT2D eigenvalue weighted by atomic mass is 32.1. The average molecular weight is 223 g/mol. The van der Waals surface area contributed by atoms with Crippen molar-refractivity contribution in [2.45, 2.75) is 45.1 Å². The smallest absolute Gasteiger partial charge is 0.134 e. The molecule has 1 aromatic rings. The molecule has 1 heterocycles. The van der Waals surface area contributed by atoms with Gasteiger partial charge in [0.25, 0.3) is 0 Å². The van der Waals surface area contributed by atoms with E-state index in [1.54, 1.807) is 11.3 Å². The number of aryl methyl sites for hydroxylation is 1. The number of hydrogen-bond donors (Lipinski definition) is 1. The van der Waals surface area contributed by atoms with Gasteiger partial charge in [-0.25, -0.2) is 0 Å². The van der Waals surface area contributed by atoms with E-state index in [1.807, 2.05) is 0 Å². The largest absolute Gasteiger partial charge is 0.374 e. The summed E-state index contributed by atoms with van der Waals surface area (Å²) in [6.45, 7) is 2.11. The fourth-order valence-corrected chi connectivity index (χ4v) is 2.87. The second-order valence-corrected chi connectivity index (χ2v) is 5.53. The number of ketones is 1. The van der Waals surface area contributed by atoms with E-state index >= 15 is 0 Å². The van der Waals surface area contributed by atoms with Crippen molar-refractivity contribution >= 4 is 22.1 Å². The minimum absolute atomic E-state index is 0.359. The molecule has 2 nitrogen and oxygen atoms in total. The number of Topliss-reactive ketones (excluding diaryl/α,β-unsaturated/α-hetero) is 1. The molecule has 3 heteroatoms. The summed E-state index contributed by atoms with van der Waals surface area (Å²) in [5.74, 6) is 0.415. The summed E-state index contributed by atoms with van der Waals surface area (Å²) in [4.78, 5) is 12.8. The molecular formula is C12H17NOS. The van der Waals surface area contributed by atoms with Gasteiger partial charge in [0.1, 0.15) is 5.78 Å². The molecule has 1 unspecified atom stereocenters. The molecule has 0 bridgehead atoms. The summed E-state index contributed by atoms with van der Waals surface area (Å²) in [7, 11) is 0. The van der Waals surface area contributed by atoms with Crippen molar-refractivity contribution in [1.82, 2.24) is 0 Å². The molecule has 1 aromatic heterocycles. The Kier molecular flexibility index (Phi) is 3.41. The molecule has 0 radical (unpaired) electrons. The minimum Gasteiger partial charge on any atom is -0.374 e. The van der Waals surface area contributed by atoms with Crippen LogP contribution in [0.3, 0.4) is 0 Å². The fraction of sp³-hybridized carbons (Fsp3) is 0.583. The molecule has 1 atom stereocenters. The third kappa shape index (κ3) is 3.06. The number of carbonyl (C=O) groups is 1. The number of thiophene rings is 1. The molecule has 0 aromatic carbocycles. The molecule has 1 N–H and O–H groups in total. The van der Waals surface area contributed by atoms with Gasteiger partial charge in [-0.3, -0.25) is 4.79 Å². The molecule has 2 rings (SSSR count). The van der Waals surface area contributed by atoms with Gasteiger partial charge in [0.15, 0.2) is 0 Å². The predicted molar refractivity (Wildman–Crippen MR) is 64.6 cm³/mol. The first-order valence-corrected chi connectivity index (χ1v) is 6.40. The van der Waals surface area contributed by atoms with Crippen molar-refractivity contribution in [2.24, 2.45) is 0 Å². The van der Waals surface area contributed by atoms with Crippen molar-refractivity contribution in [1.29, 1.82) is 0 Å². The van der Waals surface area contributed by atoms with Crippen LogP contribution in [-0.4, -0.2) is 11.8 Å². The van der Waals surface area contributed by atoms with Crippen LogP contribution in [0.4, 0.5) is 5.00 Å². The Morgan fingerprint density at radius 2 is 2.27 bits per heavy atom. The lowest BCUT2D eigenvalue weighted by Crippen LogP contribution is -2.20. The lowest BCUT2D eigenvalue weighted by molar-refractivity contribution is -0.119. The monoisotopic (exact) mass is 223 g/mol. The molecular weight excluding hydrogens is 206 g/mol. The molecule has 0 saturated heterocycles. The Bertz CT molecular complexity index is 345. The van der Waals surface area contributed by atoms with Gasteiger partial charge in [-0.05, 0) is 31.9 Å². The van der Waals surface area contributed by atoms with E-state index in [9.17, 15) is 4.79 Å². The first-order chi connectivity index (χ1) is 7.24. The van der Waals surface area contributed by atoms with Crippen LogP contribution >= 0.6 is 11.3 Å².